The molecule has 162 valence electrons. The Hall–Kier alpha value is -2.98. The van der Waals surface area contributed by atoms with Crippen LogP contribution < -0.4 is 0 Å². The number of rotatable bonds is 7. The molecule has 0 bridgehead atoms. The van der Waals surface area contributed by atoms with Gasteiger partial charge in [-0.25, -0.2) is 0 Å². The fourth-order valence-electron chi connectivity index (χ4n) is 3.75. The number of fused-ring (bicyclic) bond motifs is 1. The standard InChI is InChI=1S/C27H31NO3/c1-6-10-20(7-2)21-15-13-19(14-16-21)17-22(18-31-27(3,4)5)28-25(29)23-11-8-9-12-24(23)26(28)30/h6-16,22H,17-18H2,1-5H3/b10-6-,20-7+/t22-/m1/s1. The molecule has 1 aliphatic rings. The molecule has 0 saturated carbocycles. The van der Waals surface area contributed by atoms with E-state index in [2.05, 4.69) is 36.4 Å². The largest absolute Gasteiger partial charge is 0.374 e. The first-order valence-corrected chi connectivity index (χ1v) is 10.7. The minimum absolute atomic E-state index is 0.246. The number of imide groups is 1. The van der Waals surface area contributed by atoms with Crippen molar-refractivity contribution in [2.75, 3.05) is 6.61 Å². The molecule has 0 fully saturated rings. The van der Waals surface area contributed by atoms with E-state index in [4.69, 9.17) is 4.74 Å². The van der Waals surface area contributed by atoms with Gasteiger partial charge in [-0.2, -0.15) is 0 Å². The first-order chi connectivity index (χ1) is 14.7. The average Bonchev–Trinajstić information content (AvgIpc) is 3.00. The van der Waals surface area contributed by atoms with Crippen molar-refractivity contribution in [1.29, 1.82) is 0 Å². The lowest BCUT2D eigenvalue weighted by molar-refractivity contribution is -0.0282. The van der Waals surface area contributed by atoms with Crippen LogP contribution in [-0.2, 0) is 11.2 Å². The first kappa shape index (κ1) is 22.7. The molecule has 0 N–H and O–H groups in total. The summed E-state index contributed by atoms with van der Waals surface area (Å²) in [7, 11) is 0. The minimum Gasteiger partial charge on any atom is -0.374 e. The van der Waals surface area contributed by atoms with Gasteiger partial charge in [0.25, 0.3) is 11.8 Å². The highest BCUT2D eigenvalue weighted by molar-refractivity contribution is 6.21. The molecule has 1 aliphatic heterocycles. The fourth-order valence-corrected chi connectivity index (χ4v) is 3.75. The molecule has 2 aromatic rings. The zero-order valence-corrected chi connectivity index (χ0v) is 19.0. The zero-order chi connectivity index (χ0) is 22.6. The van der Waals surface area contributed by atoms with Crippen LogP contribution in [-0.4, -0.2) is 35.0 Å². The minimum atomic E-state index is -0.380. The Morgan fingerprint density at radius 3 is 2.03 bits per heavy atom. The van der Waals surface area contributed by atoms with Gasteiger partial charge < -0.3 is 4.74 Å². The Morgan fingerprint density at radius 1 is 0.968 bits per heavy atom. The summed E-state index contributed by atoms with van der Waals surface area (Å²) in [5, 5.41) is 0. The number of hydrogen-bond donors (Lipinski definition) is 0. The maximum Gasteiger partial charge on any atom is 0.261 e. The van der Waals surface area contributed by atoms with E-state index in [1.807, 2.05) is 40.7 Å². The van der Waals surface area contributed by atoms with Gasteiger partial charge >= 0.3 is 0 Å². The second-order valence-electron chi connectivity index (χ2n) is 8.75. The second kappa shape index (κ2) is 9.44. The lowest BCUT2D eigenvalue weighted by Gasteiger charge is -2.30. The molecule has 31 heavy (non-hydrogen) atoms. The first-order valence-electron chi connectivity index (χ1n) is 10.7. The van der Waals surface area contributed by atoms with E-state index >= 15 is 0 Å². The molecule has 2 aromatic carbocycles. The maximum atomic E-state index is 13.1. The Labute approximate surface area is 185 Å². The van der Waals surface area contributed by atoms with E-state index in [9.17, 15) is 9.59 Å². The molecule has 1 heterocycles. The van der Waals surface area contributed by atoms with Gasteiger partial charge in [-0.3, -0.25) is 14.5 Å². The molecular weight excluding hydrogens is 386 g/mol. The summed E-state index contributed by atoms with van der Waals surface area (Å²) < 4.78 is 6.02. The van der Waals surface area contributed by atoms with E-state index in [0.29, 0.717) is 17.5 Å². The number of nitrogens with zero attached hydrogens (tertiary/aromatic N) is 1. The third-order valence-electron chi connectivity index (χ3n) is 5.32. The predicted molar refractivity (Wildman–Crippen MR) is 125 cm³/mol. The number of ether oxygens (including phenoxy) is 1. The Kier molecular flexibility index (Phi) is 6.91. The fraction of sp³-hybridized carbons (Fsp3) is 0.333. The Morgan fingerprint density at radius 2 is 1.55 bits per heavy atom. The highest BCUT2D eigenvalue weighted by atomic mass is 16.5. The number of benzene rings is 2. The van der Waals surface area contributed by atoms with Crippen molar-refractivity contribution in [2.45, 2.75) is 52.7 Å². The highest BCUT2D eigenvalue weighted by Gasteiger charge is 2.40. The summed E-state index contributed by atoms with van der Waals surface area (Å²) in [4.78, 5) is 27.5. The second-order valence-corrected chi connectivity index (χ2v) is 8.75. The van der Waals surface area contributed by atoms with Crippen LogP contribution in [0.15, 0.2) is 66.8 Å². The molecular formula is C27H31NO3. The lowest BCUT2D eigenvalue weighted by Crippen LogP contribution is -2.45. The topological polar surface area (TPSA) is 46.6 Å². The Bertz CT molecular complexity index is 975. The van der Waals surface area contributed by atoms with E-state index in [0.717, 1.165) is 16.7 Å². The van der Waals surface area contributed by atoms with Crippen LogP contribution in [0.4, 0.5) is 0 Å². The van der Waals surface area contributed by atoms with Crippen molar-refractivity contribution in [3.63, 3.8) is 0 Å². The van der Waals surface area contributed by atoms with Gasteiger partial charge in [-0.05, 0) is 69.9 Å². The van der Waals surface area contributed by atoms with E-state index in [-0.39, 0.29) is 30.1 Å². The number of allylic oxidation sites excluding steroid dienone is 4. The molecule has 1 atom stereocenters. The van der Waals surface area contributed by atoms with Crippen LogP contribution in [0.3, 0.4) is 0 Å². The number of carbonyl (C=O) groups is 2. The molecule has 0 spiro atoms. The number of carbonyl (C=O) groups excluding carboxylic acids is 2. The van der Waals surface area contributed by atoms with Crippen LogP contribution in [0.2, 0.25) is 0 Å². The van der Waals surface area contributed by atoms with Gasteiger partial charge in [-0.15, -0.1) is 0 Å². The summed E-state index contributed by atoms with van der Waals surface area (Å²) >= 11 is 0. The van der Waals surface area contributed by atoms with Gasteiger partial charge in [0.1, 0.15) is 0 Å². The van der Waals surface area contributed by atoms with Crippen molar-refractivity contribution in [3.05, 3.63) is 89.0 Å². The molecule has 4 heteroatoms. The average molecular weight is 418 g/mol. The van der Waals surface area contributed by atoms with Crippen molar-refractivity contribution >= 4 is 17.4 Å². The third kappa shape index (κ3) is 5.20. The van der Waals surface area contributed by atoms with Crippen LogP contribution in [0.25, 0.3) is 5.57 Å². The molecule has 0 aliphatic carbocycles. The van der Waals surface area contributed by atoms with E-state index in [1.54, 1.807) is 24.3 Å². The van der Waals surface area contributed by atoms with Gasteiger partial charge in [0.2, 0.25) is 0 Å². The third-order valence-corrected chi connectivity index (χ3v) is 5.32. The monoisotopic (exact) mass is 417 g/mol. The zero-order valence-electron chi connectivity index (χ0n) is 19.0. The van der Waals surface area contributed by atoms with Crippen molar-refractivity contribution in [2.24, 2.45) is 0 Å². The van der Waals surface area contributed by atoms with Crippen molar-refractivity contribution in [1.82, 2.24) is 4.90 Å². The molecule has 0 aromatic heterocycles. The van der Waals surface area contributed by atoms with Crippen LogP contribution in [0.1, 0.15) is 66.5 Å². The highest BCUT2D eigenvalue weighted by Crippen LogP contribution is 2.27. The number of hydrogen-bond acceptors (Lipinski definition) is 3. The summed E-state index contributed by atoms with van der Waals surface area (Å²) in [6, 6.07) is 14.9. The summed E-state index contributed by atoms with van der Waals surface area (Å²) in [5.41, 5.74) is 3.90. The van der Waals surface area contributed by atoms with Crippen LogP contribution >= 0.6 is 0 Å². The smallest absolute Gasteiger partial charge is 0.261 e. The number of amides is 2. The normalized spacial score (nSPS) is 15.6. The van der Waals surface area contributed by atoms with E-state index in [1.165, 1.54) is 4.90 Å². The molecule has 0 unspecified atom stereocenters. The summed E-state index contributed by atoms with van der Waals surface area (Å²) in [5.74, 6) is -0.493. The molecule has 4 nitrogen and oxygen atoms in total. The quantitative estimate of drug-likeness (QED) is 0.430. The SMILES string of the molecule is C/C=C\C(=C/C)c1ccc(C[C@H](COC(C)(C)C)N2C(=O)c3ccccc3C2=O)cc1. The molecule has 2 amide bonds. The van der Waals surface area contributed by atoms with Gasteiger partial charge in [0.05, 0.1) is 29.4 Å². The van der Waals surface area contributed by atoms with Crippen LogP contribution in [0.5, 0.6) is 0 Å². The van der Waals surface area contributed by atoms with Gasteiger partial charge in [0, 0.05) is 0 Å². The molecule has 0 radical (unpaired) electrons. The van der Waals surface area contributed by atoms with Crippen LogP contribution in [0, 0.1) is 0 Å². The molecule has 0 saturated heterocycles. The summed E-state index contributed by atoms with van der Waals surface area (Å²) in [6.45, 7) is 10.2. The van der Waals surface area contributed by atoms with Crippen molar-refractivity contribution < 1.29 is 14.3 Å². The van der Waals surface area contributed by atoms with E-state index < -0.39 is 0 Å². The lowest BCUT2D eigenvalue weighted by atomic mass is 9.99. The molecule has 3 rings (SSSR count). The predicted octanol–water partition coefficient (Wildman–Crippen LogP) is 5.69. The van der Waals surface area contributed by atoms with Crippen molar-refractivity contribution in [3.8, 4) is 0 Å². The van der Waals surface area contributed by atoms with Gasteiger partial charge in [0.15, 0.2) is 0 Å². The van der Waals surface area contributed by atoms with Gasteiger partial charge in [-0.1, -0.05) is 54.6 Å². The maximum absolute atomic E-state index is 13.1. The summed E-state index contributed by atoms with van der Waals surface area (Å²) in [6.07, 6.45) is 6.71. The Balaban J connectivity index is 1.87.